The second-order valence-electron chi connectivity index (χ2n) is 2.02. The molecule has 58 valence electrons. The van der Waals surface area contributed by atoms with Crippen LogP contribution in [0.25, 0.3) is 0 Å². The Morgan fingerprint density at radius 1 is 1.00 bits per heavy atom. The Bertz CT molecular complexity index is 114. The molecule has 6 N–H and O–H groups in total. The van der Waals surface area contributed by atoms with Crippen molar-refractivity contribution < 1.29 is 0 Å². The lowest BCUT2D eigenvalue weighted by Crippen LogP contribution is -2.36. The Kier molecular flexibility index (Phi) is 4.36. The summed E-state index contributed by atoms with van der Waals surface area (Å²) in [5.41, 5.74) is 17.3. The molecule has 0 aliphatic rings. The molecule has 0 aromatic heterocycles. The Balaban J connectivity index is 3.06. The van der Waals surface area contributed by atoms with Gasteiger partial charge in [-0.1, -0.05) is 13.2 Å². The molecule has 0 unspecified atom stereocenters. The third-order valence-electron chi connectivity index (χ3n) is 0.756. The molecule has 0 aliphatic carbocycles. The molecule has 0 saturated heterocycles. The van der Waals surface area contributed by atoms with Crippen molar-refractivity contribution in [2.45, 2.75) is 0 Å². The summed E-state index contributed by atoms with van der Waals surface area (Å²) in [6.45, 7) is 8.06. The number of rotatable bonds is 5. The molecule has 4 nitrogen and oxygen atoms in total. The molecule has 0 aliphatic heterocycles. The zero-order valence-electron chi connectivity index (χ0n) is 5.98. The molecule has 10 heavy (non-hydrogen) atoms. The maximum Gasteiger partial charge on any atom is 0.0490 e. The van der Waals surface area contributed by atoms with Gasteiger partial charge in [-0.25, -0.2) is 0 Å². The van der Waals surface area contributed by atoms with Crippen LogP contribution < -0.4 is 22.3 Å². The second-order valence-corrected chi connectivity index (χ2v) is 2.02. The first kappa shape index (κ1) is 9.00. The lowest BCUT2D eigenvalue weighted by molar-refractivity contribution is 0.587. The quantitative estimate of drug-likeness (QED) is 0.294. The first-order chi connectivity index (χ1) is 4.63. The van der Waals surface area contributed by atoms with E-state index in [0.717, 1.165) is 0 Å². The molecular weight excluding hydrogens is 128 g/mol. The van der Waals surface area contributed by atoms with E-state index < -0.39 is 0 Å². The van der Waals surface area contributed by atoms with Crippen LogP contribution in [0.2, 0.25) is 0 Å². The van der Waals surface area contributed by atoms with Gasteiger partial charge in [-0.2, -0.15) is 0 Å². The van der Waals surface area contributed by atoms with Crippen LogP contribution in [0.15, 0.2) is 24.6 Å². The van der Waals surface area contributed by atoms with Gasteiger partial charge < -0.3 is 11.5 Å². The van der Waals surface area contributed by atoms with Gasteiger partial charge in [0.1, 0.15) is 0 Å². The third kappa shape index (κ3) is 7.00. The van der Waals surface area contributed by atoms with E-state index in [2.05, 4.69) is 24.0 Å². The van der Waals surface area contributed by atoms with Crippen LogP contribution in [0.4, 0.5) is 0 Å². The highest BCUT2D eigenvalue weighted by Gasteiger charge is 1.85. The van der Waals surface area contributed by atoms with E-state index in [4.69, 9.17) is 11.5 Å². The first-order valence-electron chi connectivity index (χ1n) is 2.95. The summed E-state index contributed by atoms with van der Waals surface area (Å²) in [5, 5.41) is 0. The average molecular weight is 142 g/mol. The Hall–Kier alpha value is -1.00. The molecular formula is C6H14N4. The van der Waals surface area contributed by atoms with Crippen molar-refractivity contribution in [3.05, 3.63) is 24.6 Å². The predicted octanol–water partition coefficient (Wildman–Crippen LogP) is -0.975. The molecule has 0 radical (unpaired) electrons. The monoisotopic (exact) mass is 142 g/mol. The largest absolute Gasteiger partial charge is 0.401 e. The van der Waals surface area contributed by atoms with Gasteiger partial charge in [0.2, 0.25) is 0 Å². The van der Waals surface area contributed by atoms with Crippen molar-refractivity contribution in [2.75, 3.05) is 13.1 Å². The van der Waals surface area contributed by atoms with E-state index in [-0.39, 0.29) is 0 Å². The third-order valence-corrected chi connectivity index (χ3v) is 0.756. The average Bonchev–Trinajstić information content (AvgIpc) is 1.79. The van der Waals surface area contributed by atoms with E-state index in [1.165, 1.54) is 0 Å². The molecule has 0 fully saturated rings. The fraction of sp³-hybridized carbons (Fsp3) is 0.333. The van der Waals surface area contributed by atoms with Crippen LogP contribution in [-0.2, 0) is 0 Å². The van der Waals surface area contributed by atoms with Crippen LogP contribution >= 0.6 is 0 Å². The number of hydrogen-bond donors (Lipinski definition) is 4. The van der Waals surface area contributed by atoms with Crippen LogP contribution in [0, 0.1) is 0 Å². The minimum absolute atomic E-state index is 0.535. The summed E-state index contributed by atoms with van der Waals surface area (Å²) in [7, 11) is 0. The summed E-state index contributed by atoms with van der Waals surface area (Å²) >= 11 is 0. The van der Waals surface area contributed by atoms with E-state index >= 15 is 0 Å². The summed E-state index contributed by atoms with van der Waals surface area (Å²) < 4.78 is 0. The van der Waals surface area contributed by atoms with E-state index in [1.807, 2.05) is 0 Å². The summed E-state index contributed by atoms with van der Waals surface area (Å²) in [6, 6.07) is 0. The van der Waals surface area contributed by atoms with Crippen LogP contribution in [0.1, 0.15) is 0 Å². The molecule has 0 aromatic carbocycles. The maximum absolute atomic E-state index is 5.26. The number of hydrazine groups is 1. The minimum Gasteiger partial charge on any atom is -0.401 e. The highest BCUT2D eigenvalue weighted by molar-refractivity contribution is 4.90. The summed E-state index contributed by atoms with van der Waals surface area (Å²) in [4.78, 5) is 0. The zero-order chi connectivity index (χ0) is 7.98. The van der Waals surface area contributed by atoms with E-state index in [9.17, 15) is 0 Å². The molecule has 0 bridgehead atoms. The summed E-state index contributed by atoms with van der Waals surface area (Å²) in [5.74, 6) is 0. The Labute approximate surface area is 60.9 Å². The highest BCUT2D eigenvalue weighted by Crippen LogP contribution is 1.70. The van der Waals surface area contributed by atoms with Gasteiger partial charge in [-0.05, 0) is 0 Å². The Morgan fingerprint density at radius 3 is 1.50 bits per heavy atom. The van der Waals surface area contributed by atoms with Gasteiger partial charge in [0, 0.05) is 24.5 Å². The Morgan fingerprint density at radius 2 is 1.30 bits per heavy atom. The van der Waals surface area contributed by atoms with E-state index in [1.54, 1.807) is 0 Å². The van der Waals surface area contributed by atoms with Crippen molar-refractivity contribution in [1.29, 1.82) is 0 Å². The molecule has 0 saturated carbocycles. The van der Waals surface area contributed by atoms with Gasteiger partial charge in [0.15, 0.2) is 0 Å². The SMILES string of the molecule is C=C(N)CNNCC(=C)N. The van der Waals surface area contributed by atoms with Crippen LogP contribution in [-0.4, -0.2) is 13.1 Å². The van der Waals surface area contributed by atoms with Gasteiger partial charge >= 0.3 is 0 Å². The minimum atomic E-state index is 0.535. The molecule has 0 spiro atoms. The second kappa shape index (κ2) is 4.84. The summed E-state index contributed by atoms with van der Waals surface area (Å²) in [6.07, 6.45) is 0. The molecule has 0 heterocycles. The number of nitrogens with one attached hydrogen (secondary N) is 2. The van der Waals surface area contributed by atoms with Crippen molar-refractivity contribution in [3.8, 4) is 0 Å². The lowest BCUT2D eigenvalue weighted by atomic mass is 10.5. The number of hydrogen-bond acceptors (Lipinski definition) is 4. The molecule has 0 amide bonds. The molecule has 0 rings (SSSR count). The van der Waals surface area contributed by atoms with Crippen LogP contribution in [0.3, 0.4) is 0 Å². The number of nitrogens with two attached hydrogens (primary N) is 2. The fourth-order valence-electron chi connectivity index (χ4n) is 0.352. The van der Waals surface area contributed by atoms with Gasteiger partial charge in [-0.3, -0.25) is 10.9 Å². The highest BCUT2D eigenvalue weighted by atomic mass is 15.4. The fourth-order valence-corrected chi connectivity index (χ4v) is 0.352. The normalized spacial score (nSPS) is 9.20. The lowest BCUT2D eigenvalue weighted by Gasteiger charge is -2.04. The molecule has 0 atom stereocenters. The first-order valence-corrected chi connectivity index (χ1v) is 2.95. The van der Waals surface area contributed by atoms with Gasteiger partial charge in [0.05, 0.1) is 0 Å². The topological polar surface area (TPSA) is 76.1 Å². The standard InChI is InChI=1S/C6H14N4/c1-5(7)3-9-10-4-6(2)8/h9-10H,1-4,7-8H2. The molecule has 0 aromatic rings. The molecule has 4 heteroatoms. The van der Waals surface area contributed by atoms with Crippen molar-refractivity contribution in [3.63, 3.8) is 0 Å². The van der Waals surface area contributed by atoms with Gasteiger partial charge in [0.25, 0.3) is 0 Å². The van der Waals surface area contributed by atoms with Crippen molar-refractivity contribution in [2.24, 2.45) is 11.5 Å². The van der Waals surface area contributed by atoms with Crippen molar-refractivity contribution in [1.82, 2.24) is 10.9 Å². The van der Waals surface area contributed by atoms with E-state index in [0.29, 0.717) is 24.5 Å². The van der Waals surface area contributed by atoms with Gasteiger partial charge in [-0.15, -0.1) is 0 Å². The maximum atomic E-state index is 5.26. The van der Waals surface area contributed by atoms with Crippen LogP contribution in [0.5, 0.6) is 0 Å². The zero-order valence-corrected chi connectivity index (χ0v) is 5.98. The predicted molar refractivity (Wildman–Crippen MR) is 42.7 cm³/mol. The smallest absolute Gasteiger partial charge is 0.0490 e. The van der Waals surface area contributed by atoms with Crippen molar-refractivity contribution >= 4 is 0 Å².